The molecule has 0 aliphatic rings. The smallest absolute Gasteiger partial charge is 0.169 e. The van der Waals surface area contributed by atoms with E-state index < -0.39 is 0 Å². The summed E-state index contributed by atoms with van der Waals surface area (Å²) in [6.45, 7) is 0. The maximum absolute atomic E-state index is 10.8. The Kier molecular flexibility index (Phi) is 3.94. The number of nitrogens with zero attached hydrogens (tertiary/aromatic N) is 1. The molecule has 0 aromatic heterocycles. The van der Waals surface area contributed by atoms with Crippen LogP contribution in [0, 0.1) is 23.2 Å². The molecule has 0 fully saturated rings. The molecule has 80 valence electrons. The molecule has 1 aromatic carbocycles. The quantitative estimate of drug-likeness (QED) is 0.599. The highest BCUT2D eigenvalue weighted by atomic mass is 16.5. The van der Waals surface area contributed by atoms with E-state index in [4.69, 9.17) is 10.00 Å². The van der Waals surface area contributed by atoms with E-state index in [1.165, 1.54) is 13.2 Å². The van der Waals surface area contributed by atoms with Crippen LogP contribution in [0.4, 0.5) is 0 Å². The van der Waals surface area contributed by atoms with E-state index in [1.54, 1.807) is 6.07 Å². The maximum Gasteiger partial charge on any atom is 0.169 e. The Bertz CT molecular complexity index is 503. The fraction of sp³-hybridized carbons (Fsp3) is 0.167. The summed E-state index contributed by atoms with van der Waals surface area (Å²) in [5.74, 6) is 5.19. The number of ether oxygens (including phenoxy) is 1. The van der Waals surface area contributed by atoms with Crippen LogP contribution in [0.1, 0.15) is 22.3 Å². The number of phenolic OH excluding ortho intramolecular Hbond substituents is 1. The van der Waals surface area contributed by atoms with Gasteiger partial charge in [-0.1, -0.05) is 11.8 Å². The van der Waals surface area contributed by atoms with Crippen LogP contribution in [0.15, 0.2) is 12.1 Å². The SMILES string of the molecule is COc1ccc(C#CCC#N)c(C=O)c1O. The Hall–Kier alpha value is -2.46. The first-order valence-corrected chi connectivity index (χ1v) is 4.45. The average molecular weight is 215 g/mol. The van der Waals surface area contributed by atoms with Gasteiger partial charge in [-0.2, -0.15) is 5.26 Å². The van der Waals surface area contributed by atoms with Crippen LogP contribution in [0.5, 0.6) is 11.5 Å². The number of aromatic hydroxyl groups is 1. The Balaban J connectivity index is 3.23. The highest BCUT2D eigenvalue weighted by molar-refractivity contribution is 5.85. The summed E-state index contributed by atoms with van der Waals surface area (Å²) in [7, 11) is 1.39. The van der Waals surface area contributed by atoms with Gasteiger partial charge >= 0.3 is 0 Å². The number of phenols is 1. The highest BCUT2D eigenvalue weighted by Crippen LogP contribution is 2.30. The number of carbonyl (C=O) groups is 1. The molecule has 1 rings (SSSR count). The summed E-state index contributed by atoms with van der Waals surface area (Å²) >= 11 is 0. The largest absolute Gasteiger partial charge is 0.504 e. The van der Waals surface area contributed by atoms with Crippen molar-refractivity contribution in [2.75, 3.05) is 7.11 Å². The van der Waals surface area contributed by atoms with Gasteiger partial charge < -0.3 is 9.84 Å². The van der Waals surface area contributed by atoms with Crippen LogP contribution in [0.2, 0.25) is 0 Å². The van der Waals surface area contributed by atoms with Gasteiger partial charge in [0.15, 0.2) is 17.8 Å². The van der Waals surface area contributed by atoms with E-state index >= 15 is 0 Å². The minimum atomic E-state index is -0.235. The minimum absolute atomic E-state index is 0.0739. The lowest BCUT2D eigenvalue weighted by molar-refractivity contribution is 0.112. The van der Waals surface area contributed by atoms with E-state index in [1.807, 2.05) is 6.07 Å². The van der Waals surface area contributed by atoms with Crippen molar-refractivity contribution in [1.82, 2.24) is 0 Å². The van der Waals surface area contributed by atoms with E-state index in [0.29, 0.717) is 11.8 Å². The lowest BCUT2D eigenvalue weighted by Crippen LogP contribution is -1.92. The maximum atomic E-state index is 10.8. The summed E-state index contributed by atoms with van der Waals surface area (Å²) in [6, 6.07) is 4.94. The van der Waals surface area contributed by atoms with Gasteiger partial charge in [0.1, 0.15) is 0 Å². The number of hydrogen-bond donors (Lipinski definition) is 1. The van der Waals surface area contributed by atoms with Gasteiger partial charge in [-0.05, 0) is 12.1 Å². The van der Waals surface area contributed by atoms with Crippen molar-refractivity contribution in [3.05, 3.63) is 23.3 Å². The number of methoxy groups -OCH3 is 1. The second kappa shape index (κ2) is 5.43. The summed E-state index contributed by atoms with van der Waals surface area (Å²) in [5.41, 5.74) is 0.452. The van der Waals surface area contributed by atoms with Crippen LogP contribution in [-0.4, -0.2) is 18.5 Å². The summed E-state index contributed by atoms with van der Waals surface area (Å²) in [6.07, 6.45) is 0.583. The Morgan fingerprint density at radius 2 is 2.31 bits per heavy atom. The van der Waals surface area contributed by atoms with Crippen molar-refractivity contribution >= 4 is 6.29 Å². The highest BCUT2D eigenvalue weighted by Gasteiger charge is 2.10. The van der Waals surface area contributed by atoms with Gasteiger partial charge in [0.05, 0.1) is 25.2 Å². The molecular formula is C12H9NO3. The predicted molar refractivity (Wildman–Crippen MR) is 57.2 cm³/mol. The molecular weight excluding hydrogens is 206 g/mol. The van der Waals surface area contributed by atoms with Crippen LogP contribution < -0.4 is 4.74 Å². The topological polar surface area (TPSA) is 70.3 Å². The number of rotatable bonds is 2. The second-order valence-corrected chi connectivity index (χ2v) is 2.83. The molecule has 0 bridgehead atoms. The lowest BCUT2D eigenvalue weighted by Gasteiger charge is -2.06. The molecule has 1 aromatic rings. The van der Waals surface area contributed by atoms with Crippen molar-refractivity contribution in [3.63, 3.8) is 0 Å². The third kappa shape index (κ3) is 2.31. The lowest BCUT2D eigenvalue weighted by atomic mass is 10.1. The zero-order chi connectivity index (χ0) is 12.0. The predicted octanol–water partition coefficient (Wildman–Crippen LogP) is 1.48. The van der Waals surface area contributed by atoms with Crippen LogP contribution in [-0.2, 0) is 0 Å². The zero-order valence-corrected chi connectivity index (χ0v) is 8.65. The zero-order valence-electron chi connectivity index (χ0n) is 8.65. The molecule has 0 aliphatic heterocycles. The molecule has 1 N–H and O–H groups in total. The fourth-order valence-electron chi connectivity index (χ4n) is 1.16. The van der Waals surface area contributed by atoms with Crippen molar-refractivity contribution < 1.29 is 14.6 Å². The third-order valence-corrected chi connectivity index (χ3v) is 1.91. The van der Waals surface area contributed by atoms with Crippen molar-refractivity contribution in [1.29, 1.82) is 5.26 Å². The van der Waals surface area contributed by atoms with Gasteiger partial charge in [0.25, 0.3) is 0 Å². The fourth-order valence-corrected chi connectivity index (χ4v) is 1.16. The first-order valence-electron chi connectivity index (χ1n) is 4.45. The molecule has 0 amide bonds. The van der Waals surface area contributed by atoms with Crippen LogP contribution in [0.3, 0.4) is 0 Å². The molecule has 0 aliphatic carbocycles. The number of nitriles is 1. The molecule has 0 saturated heterocycles. The van der Waals surface area contributed by atoms with Gasteiger partial charge in [-0.3, -0.25) is 4.79 Å². The Morgan fingerprint density at radius 1 is 1.56 bits per heavy atom. The number of benzene rings is 1. The first-order chi connectivity index (χ1) is 7.74. The molecule has 0 saturated carbocycles. The Labute approximate surface area is 93.1 Å². The second-order valence-electron chi connectivity index (χ2n) is 2.83. The van der Waals surface area contributed by atoms with Crippen molar-refractivity contribution in [2.45, 2.75) is 6.42 Å². The van der Waals surface area contributed by atoms with Crippen LogP contribution in [0.25, 0.3) is 0 Å². The van der Waals surface area contributed by atoms with E-state index in [-0.39, 0.29) is 23.5 Å². The standard InChI is InChI=1S/C12H9NO3/c1-16-11-6-5-9(4-2-3-7-13)10(8-14)12(11)15/h5-6,8,15H,3H2,1H3. The summed E-state index contributed by atoms with van der Waals surface area (Å²) in [4.78, 5) is 10.8. The van der Waals surface area contributed by atoms with Crippen LogP contribution >= 0.6 is 0 Å². The van der Waals surface area contributed by atoms with Crippen molar-refractivity contribution in [2.24, 2.45) is 0 Å². The number of aldehydes is 1. The average Bonchev–Trinajstić information content (AvgIpc) is 2.30. The summed E-state index contributed by atoms with van der Waals surface area (Å²) in [5, 5.41) is 18.0. The van der Waals surface area contributed by atoms with Gasteiger partial charge in [-0.25, -0.2) is 0 Å². The minimum Gasteiger partial charge on any atom is -0.504 e. The molecule has 16 heavy (non-hydrogen) atoms. The van der Waals surface area contributed by atoms with E-state index in [0.717, 1.165) is 0 Å². The van der Waals surface area contributed by atoms with E-state index in [9.17, 15) is 9.90 Å². The summed E-state index contributed by atoms with van der Waals surface area (Å²) < 4.78 is 4.86. The molecule has 0 heterocycles. The molecule has 4 nitrogen and oxygen atoms in total. The number of carbonyl (C=O) groups excluding carboxylic acids is 1. The van der Waals surface area contributed by atoms with Gasteiger partial charge in [-0.15, -0.1) is 0 Å². The molecule has 4 heteroatoms. The Morgan fingerprint density at radius 3 is 2.88 bits per heavy atom. The molecule has 0 unspecified atom stereocenters. The molecule has 0 atom stereocenters. The molecule has 0 spiro atoms. The number of hydrogen-bond acceptors (Lipinski definition) is 4. The van der Waals surface area contributed by atoms with E-state index in [2.05, 4.69) is 11.8 Å². The molecule has 0 radical (unpaired) electrons. The van der Waals surface area contributed by atoms with Gasteiger partial charge in [0.2, 0.25) is 0 Å². The monoisotopic (exact) mass is 215 g/mol. The first kappa shape index (κ1) is 11.6. The normalized spacial score (nSPS) is 8.50. The third-order valence-electron chi connectivity index (χ3n) is 1.91. The van der Waals surface area contributed by atoms with Gasteiger partial charge in [0, 0.05) is 5.56 Å². The van der Waals surface area contributed by atoms with Crippen molar-refractivity contribution in [3.8, 4) is 29.4 Å².